The van der Waals surface area contributed by atoms with E-state index in [0.717, 1.165) is 0 Å². The van der Waals surface area contributed by atoms with Gasteiger partial charge in [0.15, 0.2) is 11.5 Å². The van der Waals surface area contributed by atoms with Gasteiger partial charge in [0.05, 0.1) is 11.5 Å². The number of rotatable bonds is 5. The molecule has 0 aliphatic carbocycles. The number of nitro groups is 1. The lowest BCUT2D eigenvalue weighted by molar-refractivity contribution is -0.386. The molecule has 10 heteroatoms. The number of amides is 1. The van der Waals surface area contributed by atoms with E-state index in [2.05, 4.69) is 20.6 Å². The summed E-state index contributed by atoms with van der Waals surface area (Å²) in [6, 6.07) is 5.51. The molecule has 24 heavy (non-hydrogen) atoms. The van der Waals surface area contributed by atoms with Crippen LogP contribution in [0.5, 0.6) is 0 Å². The number of fused-ring (bicyclic) bond motifs is 1. The SMILES string of the molecule is Cc1nn(CC(=O)NCc2nnc3ccccn23)c(C)c1[N+](=O)[O-]. The van der Waals surface area contributed by atoms with Crippen LogP contribution < -0.4 is 5.32 Å². The van der Waals surface area contributed by atoms with Crippen molar-refractivity contribution in [3.05, 3.63) is 51.7 Å². The molecule has 3 aromatic heterocycles. The first-order chi connectivity index (χ1) is 11.5. The van der Waals surface area contributed by atoms with Crippen molar-refractivity contribution in [3.8, 4) is 0 Å². The average Bonchev–Trinajstić information content (AvgIpc) is 3.06. The van der Waals surface area contributed by atoms with Crippen LogP contribution in [0.15, 0.2) is 24.4 Å². The Morgan fingerprint density at radius 3 is 2.83 bits per heavy atom. The van der Waals surface area contributed by atoms with Crippen molar-refractivity contribution in [2.24, 2.45) is 0 Å². The molecule has 1 amide bonds. The molecular formula is C14H15N7O3. The van der Waals surface area contributed by atoms with E-state index < -0.39 is 4.92 Å². The Kier molecular flexibility index (Phi) is 3.94. The molecule has 1 N–H and O–H groups in total. The van der Waals surface area contributed by atoms with E-state index in [9.17, 15) is 14.9 Å². The zero-order valence-corrected chi connectivity index (χ0v) is 13.1. The number of aryl methyl sites for hydroxylation is 1. The molecule has 0 aliphatic heterocycles. The Bertz CT molecular complexity index is 928. The van der Waals surface area contributed by atoms with E-state index in [-0.39, 0.29) is 30.4 Å². The fourth-order valence-electron chi connectivity index (χ4n) is 2.49. The van der Waals surface area contributed by atoms with E-state index in [1.807, 2.05) is 18.2 Å². The van der Waals surface area contributed by atoms with Gasteiger partial charge in [0, 0.05) is 6.20 Å². The van der Waals surface area contributed by atoms with Gasteiger partial charge in [-0.3, -0.25) is 24.0 Å². The number of hydrogen-bond donors (Lipinski definition) is 1. The van der Waals surface area contributed by atoms with Crippen LogP contribution in [-0.4, -0.2) is 35.2 Å². The minimum atomic E-state index is -0.492. The van der Waals surface area contributed by atoms with E-state index in [1.165, 1.54) is 4.68 Å². The first kappa shape index (κ1) is 15.6. The van der Waals surface area contributed by atoms with Crippen LogP contribution in [0.3, 0.4) is 0 Å². The number of carbonyl (C=O) groups excluding carboxylic acids is 1. The Morgan fingerprint density at radius 1 is 1.33 bits per heavy atom. The third kappa shape index (κ3) is 2.81. The Hall–Kier alpha value is -3.30. The molecule has 124 valence electrons. The van der Waals surface area contributed by atoms with Gasteiger partial charge in [-0.25, -0.2) is 0 Å². The van der Waals surface area contributed by atoms with Crippen LogP contribution in [-0.2, 0) is 17.9 Å². The zero-order chi connectivity index (χ0) is 17.3. The number of carbonyl (C=O) groups is 1. The lowest BCUT2D eigenvalue weighted by Crippen LogP contribution is -2.28. The van der Waals surface area contributed by atoms with Crippen LogP contribution in [0.1, 0.15) is 17.2 Å². The van der Waals surface area contributed by atoms with Gasteiger partial charge < -0.3 is 5.32 Å². The Balaban J connectivity index is 1.68. The molecule has 0 unspecified atom stereocenters. The van der Waals surface area contributed by atoms with E-state index in [1.54, 1.807) is 24.4 Å². The quantitative estimate of drug-likeness (QED) is 0.545. The summed E-state index contributed by atoms with van der Waals surface area (Å²) in [6.45, 7) is 3.21. The molecule has 10 nitrogen and oxygen atoms in total. The van der Waals surface area contributed by atoms with E-state index in [0.29, 0.717) is 17.2 Å². The molecule has 0 radical (unpaired) electrons. The summed E-state index contributed by atoms with van der Waals surface area (Å²) in [5.41, 5.74) is 1.26. The molecule has 0 spiro atoms. The largest absolute Gasteiger partial charge is 0.347 e. The highest BCUT2D eigenvalue weighted by Crippen LogP contribution is 2.21. The molecule has 0 bridgehead atoms. The van der Waals surface area contributed by atoms with Gasteiger partial charge in [0.25, 0.3) is 0 Å². The molecule has 3 aromatic rings. The normalized spacial score (nSPS) is 10.9. The molecule has 0 fully saturated rings. The summed E-state index contributed by atoms with van der Waals surface area (Å²) in [6.07, 6.45) is 1.81. The number of nitrogens with zero attached hydrogens (tertiary/aromatic N) is 6. The average molecular weight is 329 g/mol. The molecule has 0 saturated heterocycles. The van der Waals surface area contributed by atoms with Crippen LogP contribution >= 0.6 is 0 Å². The van der Waals surface area contributed by atoms with Crippen molar-refractivity contribution in [1.29, 1.82) is 0 Å². The highest BCUT2D eigenvalue weighted by atomic mass is 16.6. The van der Waals surface area contributed by atoms with Crippen LogP contribution in [0.4, 0.5) is 5.69 Å². The van der Waals surface area contributed by atoms with Crippen LogP contribution in [0.25, 0.3) is 5.65 Å². The van der Waals surface area contributed by atoms with Gasteiger partial charge in [0.1, 0.15) is 17.9 Å². The summed E-state index contributed by atoms with van der Waals surface area (Å²) >= 11 is 0. The smallest absolute Gasteiger partial charge is 0.312 e. The van der Waals surface area contributed by atoms with Crippen molar-refractivity contribution >= 4 is 17.2 Å². The first-order valence-corrected chi connectivity index (χ1v) is 7.21. The molecule has 0 atom stereocenters. The van der Waals surface area contributed by atoms with Crippen LogP contribution in [0, 0.1) is 24.0 Å². The molecule has 3 rings (SSSR count). The van der Waals surface area contributed by atoms with E-state index >= 15 is 0 Å². The fraction of sp³-hybridized carbons (Fsp3) is 0.286. The number of nitrogens with one attached hydrogen (secondary N) is 1. The van der Waals surface area contributed by atoms with Gasteiger partial charge in [0.2, 0.25) is 5.91 Å². The Labute approximate surface area is 136 Å². The lowest BCUT2D eigenvalue weighted by atomic mass is 10.3. The molecule has 0 saturated carbocycles. The molecule has 0 aromatic carbocycles. The van der Waals surface area contributed by atoms with Gasteiger partial charge in [-0.1, -0.05) is 6.07 Å². The van der Waals surface area contributed by atoms with Gasteiger partial charge in [-0.2, -0.15) is 5.10 Å². The predicted octanol–water partition coefficient (Wildman–Crippen LogP) is 0.767. The zero-order valence-electron chi connectivity index (χ0n) is 13.1. The minimum absolute atomic E-state index is 0.0637. The van der Waals surface area contributed by atoms with Gasteiger partial charge in [-0.15, -0.1) is 10.2 Å². The van der Waals surface area contributed by atoms with Crippen LogP contribution in [0.2, 0.25) is 0 Å². The summed E-state index contributed by atoms with van der Waals surface area (Å²) < 4.78 is 3.10. The maximum absolute atomic E-state index is 12.1. The Morgan fingerprint density at radius 2 is 2.12 bits per heavy atom. The number of hydrogen-bond acceptors (Lipinski definition) is 6. The highest BCUT2D eigenvalue weighted by molar-refractivity contribution is 5.75. The summed E-state index contributed by atoms with van der Waals surface area (Å²) in [4.78, 5) is 22.6. The molecule has 0 aliphatic rings. The third-order valence-electron chi connectivity index (χ3n) is 3.65. The van der Waals surface area contributed by atoms with Gasteiger partial charge >= 0.3 is 5.69 Å². The standard InChI is InChI=1S/C14H15N7O3/c1-9-14(21(23)24)10(2)20(18-9)8-13(22)15-7-12-17-16-11-5-3-4-6-19(11)12/h3-6H,7-8H2,1-2H3,(H,15,22). The van der Waals surface area contributed by atoms with Crippen molar-refractivity contribution < 1.29 is 9.72 Å². The predicted molar refractivity (Wildman–Crippen MR) is 83.2 cm³/mol. The molecular weight excluding hydrogens is 314 g/mol. The van der Waals surface area contributed by atoms with Crippen molar-refractivity contribution in [1.82, 2.24) is 29.7 Å². The second kappa shape index (κ2) is 6.07. The summed E-state index contributed by atoms with van der Waals surface area (Å²) in [5.74, 6) is 0.279. The maximum Gasteiger partial charge on any atom is 0.312 e. The highest BCUT2D eigenvalue weighted by Gasteiger charge is 2.22. The minimum Gasteiger partial charge on any atom is -0.347 e. The van der Waals surface area contributed by atoms with Gasteiger partial charge in [-0.05, 0) is 26.0 Å². The number of aromatic nitrogens is 5. The first-order valence-electron chi connectivity index (χ1n) is 7.21. The third-order valence-corrected chi connectivity index (χ3v) is 3.65. The topological polar surface area (TPSA) is 120 Å². The van der Waals surface area contributed by atoms with Crippen molar-refractivity contribution in [2.75, 3.05) is 0 Å². The second-order valence-electron chi connectivity index (χ2n) is 5.26. The lowest BCUT2D eigenvalue weighted by Gasteiger charge is -2.05. The fourth-order valence-corrected chi connectivity index (χ4v) is 2.49. The monoisotopic (exact) mass is 329 g/mol. The summed E-state index contributed by atoms with van der Waals surface area (Å²) in [5, 5.41) is 25.8. The van der Waals surface area contributed by atoms with Crippen molar-refractivity contribution in [3.63, 3.8) is 0 Å². The second-order valence-corrected chi connectivity index (χ2v) is 5.26. The summed E-state index contributed by atoms with van der Waals surface area (Å²) in [7, 11) is 0. The number of pyridine rings is 1. The molecule has 3 heterocycles. The van der Waals surface area contributed by atoms with Crippen molar-refractivity contribution in [2.45, 2.75) is 26.9 Å². The van der Waals surface area contributed by atoms with E-state index in [4.69, 9.17) is 0 Å². The maximum atomic E-state index is 12.1.